The predicted molar refractivity (Wildman–Crippen MR) is 178 cm³/mol. The van der Waals surface area contributed by atoms with Crippen molar-refractivity contribution in [1.29, 1.82) is 5.26 Å². The lowest BCUT2D eigenvalue weighted by atomic mass is 9.95. The van der Waals surface area contributed by atoms with Gasteiger partial charge in [-0.05, 0) is 66.7 Å². The van der Waals surface area contributed by atoms with Crippen LogP contribution in [0.2, 0.25) is 0 Å². The van der Waals surface area contributed by atoms with Crippen LogP contribution in [0.1, 0.15) is 42.1 Å². The second kappa shape index (κ2) is 14.8. The van der Waals surface area contributed by atoms with E-state index < -0.39 is 17.9 Å². The van der Waals surface area contributed by atoms with Crippen molar-refractivity contribution in [3.8, 4) is 17.6 Å². The molecule has 4 aromatic carbocycles. The molecule has 0 saturated heterocycles. The van der Waals surface area contributed by atoms with Gasteiger partial charge in [0.1, 0.15) is 18.1 Å². The fourth-order valence-electron chi connectivity index (χ4n) is 4.97. The number of hydrogen-bond acceptors (Lipinski definition) is 8. The van der Waals surface area contributed by atoms with Gasteiger partial charge in [0.25, 0.3) is 5.91 Å². The molecule has 1 heterocycles. The van der Waals surface area contributed by atoms with E-state index in [0.29, 0.717) is 44.6 Å². The van der Waals surface area contributed by atoms with Gasteiger partial charge in [0, 0.05) is 16.8 Å². The van der Waals surface area contributed by atoms with Gasteiger partial charge in [0.05, 0.1) is 36.1 Å². The highest BCUT2D eigenvalue weighted by molar-refractivity contribution is 7.80. The molecule has 3 N–H and O–H groups in total. The smallest absolute Gasteiger partial charge is 0.338 e. The average Bonchev–Trinajstić information content (AvgIpc) is 3.07. The number of ether oxygens (including phenoxy) is 3. The van der Waals surface area contributed by atoms with Crippen LogP contribution < -0.4 is 25.5 Å². The number of fused-ring (bicyclic) bond motifs is 1. The van der Waals surface area contributed by atoms with Crippen molar-refractivity contribution in [2.24, 2.45) is 5.10 Å². The maximum atomic E-state index is 12.8. The van der Waals surface area contributed by atoms with Gasteiger partial charge in [-0.3, -0.25) is 4.79 Å². The Morgan fingerprint density at radius 2 is 1.76 bits per heavy atom. The van der Waals surface area contributed by atoms with Gasteiger partial charge in [0.2, 0.25) is 0 Å². The van der Waals surface area contributed by atoms with Gasteiger partial charge < -0.3 is 24.8 Å². The van der Waals surface area contributed by atoms with Crippen molar-refractivity contribution in [3.05, 3.63) is 118 Å². The third-order valence-corrected chi connectivity index (χ3v) is 7.36. The summed E-state index contributed by atoms with van der Waals surface area (Å²) in [4.78, 5) is 25.6. The van der Waals surface area contributed by atoms with Crippen LogP contribution in [0.15, 0.2) is 101 Å². The summed E-state index contributed by atoms with van der Waals surface area (Å²) in [6.45, 7) is 3.66. The molecule has 1 amide bonds. The fourth-order valence-corrected chi connectivity index (χ4v) is 5.24. The minimum Gasteiger partial charge on any atom is -0.488 e. The first-order chi connectivity index (χ1) is 22.4. The molecule has 232 valence electrons. The van der Waals surface area contributed by atoms with E-state index in [1.165, 1.54) is 0 Å². The fraction of sp³-hybridized carbons (Fsp3) is 0.171. The Labute approximate surface area is 271 Å². The molecule has 1 atom stereocenters. The number of benzene rings is 4. The van der Waals surface area contributed by atoms with Gasteiger partial charge in [-0.25, -0.2) is 10.2 Å². The number of hydrazone groups is 1. The zero-order chi connectivity index (χ0) is 32.5. The lowest BCUT2D eigenvalue weighted by Crippen LogP contribution is -2.45. The van der Waals surface area contributed by atoms with Crippen LogP contribution in [-0.4, -0.2) is 36.4 Å². The van der Waals surface area contributed by atoms with Crippen LogP contribution in [0.4, 0.5) is 0 Å². The number of nitriles is 1. The summed E-state index contributed by atoms with van der Waals surface area (Å²) >= 11 is 5.34. The molecule has 0 fully saturated rings. The highest BCUT2D eigenvalue weighted by Gasteiger charge is 2.32. The van der Waals surface area contributed by atoms with Gasteiger partial charge in [-0.2, -0.15) is 10.4 Å². The maximum absolute atomic E-state index is 12.8. The normalized spacial score (nSPS) is 14.3. The van der Waals surface area contributed by atoms with Gasteiger partial charge >= 0.3 is 5.97 Å². The van der Waals surface area contributed by atoms with E-state index in [1.54, 1.807) is 50.4 Å². The minimum absolute atomic E-state index is 0.217. The summed E-state index contributed by atoms with van der Waals surface area (Å²) in [7, 11) is 0. The number of thiocarbonyl (C=S) groups is 1. The SMILES string of the molecule is CCOC(=O)C1=C(C)NC(=S)N[C@H]1c1ccccc1OCC(=O)NN=Cc1c(OCc2ccc(C#N)cc2)ccc2ccccc12. The number of carbonyl (C=O) groups is 2. The zero-order valence-electron chi connectivity index (χ0n) is 25.2. The number of para-hydroxylation sites is 1. The van der Waals surface area contributed by atoms with Gasteiger partial charge in [-0.15, -0.1) is 0 Å². The van der Waals surface area contributed by atoms with E-state index in [1.807, 2.05) is 54.6 Å². The molecular weight excluding hydrogens is 602 g/mol. The Morgan fingerprint density at radius 1 is 1.00 bits per heavy atom. The van der Waals surface area contributed by atoms with Crippen molar-refractivity contribution >= 4 is 46.2 Å². The third-order valence-electron chi connectivity index (χ3n) is 7.14. The standard InChI is InChI=1S/C35H31N5O5S/c1-3-43-34(42)32-22(2)38-35(46)39-33(32)27-10-6-7-11-29(27)45-21-31(41)40-37-19-28-26-9-5-4-8-25(26)16-17-30(28)44-20-24-14-12-23(18-36)13-15-24/h4-17,19,33H,3,20-21H2,1-2H3,(H,40,41)(H2,38,39,46)/t33-/m0/s1. The summed E-state index contributed by atoms with van der Waals surface area (Å²) in [5.74, 6) is 0.00545. The van der Waals surface area contributed by atoms with E-state index >= 15 is 0 Å². The molecule has 0 aliphatic carbocycles. The predicted octanol–water partition coefficient (Wildman–Crippen LogP) is 5.18. The zero-order valence-corrected chi connectivity index (χ0v) is 26.0. The average molecular weight is 634 g/mol. The molecule has 1 aliphatic rings. The van der Waals surface area contributed by atoms with Crippen molar-refractivity contribution < 1.29 is 23.8 Å². The lowest BCUT2D eigenvalue weighted by molar-refractivity contribution is -0.139. The molecule has 10 nitrogen and oxygen atoms in total. The van der Waals surface area contributed by atoms with Crippen LogP contribution in [0.3, 0.4) is 0 Å². The Balaban J connectivity index is 1.29. The number of hydrogen-bond donors (Lipinski definition) is 3. The van der Waals surface area contributed by atoms with E-state index in [0.717, 1.165) is 16.3 Å². The number of amides is 1. The second-order valence-electron chi connectivity index (χ2n) is 10.2. The van der Waals surface area contributed by atoms with Crippen LogP contribution in [-0.2, 0) is 20.9 Å². The summed E-state index contributed by atoms with van der Waals surface area (Å²) < 4.78 is 17.3. The summed E-state index contributed by atoms with van der Waals surface area (Å²) in [5, 5.41) is 21.6. The summed E-state index contributed by atoms with van der Waals surface area (Å²) in [5.41, 5.74) is 6.26. The Bertz CT molecular complexity index is 1880. The van der Waals surface area contributed by atoms with Crippen LogP contribution >= 0.6 is 12.2 Å². The first kappa shape index (κ1) is 31.7. The van der Waals surface area contributed by atoms with Crippen molar-refractivity contribution in [2.45, 2.75) is 26.5 Å². The van der Waals surface area contributed by atoms with E-state index in [-0.39, 0.29) is 19.8 Å². The van der Waals surface area contributed by atoms with Gasteiger partial charge in [-0.1, -0.05) is 60.7 Å². The minimum atomic E-state index is -0.640. The molecule has 0 aromatic heterocycles. The number of allylic oxidation sites excluding steroid dienone is 1. The molecule has 5 rings (SSSR count). The highest BCUT2D eigenvalue weighted by Crippen LogP contribution is 2.33. The van der Waals surface area contributed by atoms with E-state index in [9.17, 15) is 9.59 Å². The molecule has 1 aliphatic heterocycles. The first-order valence-electron chi connectivity index (χ1n) is 14.5. The van der Waals surface area contributed by atoms with Crippen LogP contribution in [0.25, 0.3) is 10.8 Å². The third kappa shape index (κ3) is 7.49. The Kier molecular flexibility index (Phi) is 10.2. The quantitative estimate of drug-likeness (QED) is 0.0885. The maximum Gasteiger partial charge on any atom is 0.338 e. The van der Waals surface area contributed by atoms with Gasteiger partial charge in [0.15, 0.2) is 11.7 Å². The molecule has 4 aromatic rings. The molecule has 0 radical (unpaired) electrons. The van der Waals surface area contributed by atoms with E-state index in [4.69, 9.17) is 31.7 Å². The first-order valence-corrected chi connectivity index (χ1v) is 14.9. The lowest BCUT2D eigenvalue weighted by Gasteiger charge is -2.30. The van der Waals surface area contributed by atoms with E-state index in [2.05, 4.69) is 27.2 Å². The van der Waals surface area contributed by atoms with Crippen molar-refractivity contribution in [1.82, 2.24) is 16.1 Å². The Morgan fingerprint density at radius 3 is 2.54 bits per heavy atom. The molecular formula is C35H31N5O5S. The Hall–Kier alpha value is -5.73. The monoisotopic (exact) mass is 633 g/mol. The molecule has 11 heteroatoms. The largest absolute Gasteiger partial charge is 0.488 e. The van der Waals surface area contributed by atoms with Crippen molar-refractivity contribution in [3.63, 3.8) is 0 Å². The number of carbonyl (C=O) groups excluding carboxylic acids is 2. The molecule has 0 spiro atoms. The summed E-state index contributed by atoms with van der Waals surface area (Å²) in [6, 6.07) is 27.3. The summed E-state index contributed by atoms with van der Waals surface area (Å²) in [6.07, 6.45) is 1.54. The highest BCUT2D eigenvalue weighted by atomic mass is 32.1. The second-order valence-corrected chi connectivity index (χ2v) is 10.6. The van der Waals surface area contributed by atoms with Crippen LogP contribution in [0.5, 0.6) is 11.5 Å². The molecule has 0 unspecified atom stereocenters. The molecule has 0 saturated carbocycles. The number of nitrogens with zero attached hydrogens (tertiary/aromatic N) is 2. The molecule has 0 bridgehead atoms. The topological polar surface area (TPSA) is 134 Å². The van der Waals surface area contributed by atoms with Crippen LogP contribution in [0, 0.1) is 11.3 Å². The number of rotatable bonds is 11. The van der Waals surface area contributed by atoms with Crippen molar-refractivity contribution in [2.75, 3.05) is 13.2 Å². The number of nitrogens with one attached hydrogen (secondary N) is 3. The molecule has 46 heavy (non-hydrogen) atoms. The number of esters is 1.